The summed E-state index contributed by atoms with van der Waals surface area (Å²) in [6.45, 7) is 14.0. The number of halogens is 1. The van der Waals surface area contributed by atoms with Crippen molar-refractivity contribution >= 4 is 5.96 Å². The van der Waals surface area contributed by atoms with E-state index in [9.17, 15) is 4.39 Å². The van der Waals surface area contributed by atoms with Crippen molar-refractivity contribution in [3.8, 4) is 0 Å². The molecule has 0 radical (unpaired) electrons. The Kier molecular flexibility index (Phi) is 9.11. The number of nitrogens with one attached hydrogen (secondary N) is 2. The van der Waals surface area contributed by atoms with E-state index in [0.29, 0.717) is 25.7 Å². The molecule has 0 saturated carbocycles. The van der Waals surface area contributed by atoms with Gasteiger partial charge in [0.25, 0.3) is 0 Å². The molecule has 0 bridgehead atoms. The molecule has 0 aromatic heterocycles. The van der Waals surface area contributed by atoms with Crippen LogP contribution in [0, 0.1) is 11.7 Å². The third-order valence-electron chi connectivity index (χ3n) is 6.13. The van der Waals surface area contributed by atoms with Gasteiger partial charge < -0.3 is 20.1 Å². The zero-order valence-electron chi connectivity index (χ0n) is 19.3. The quantitative estimate of drug-likeness (QED) is 0.487. The highest BCUT2D eigenvalue weighted by atomic mass is 19.1. The smallest absolute Gasteiger partial charge is 0.191 e. The summed E-state index contributed by atoms with van der Waals surface area (Å²) in [5.74, 6) is 1.26. The number of morpholine rings is 1. The van der Waals surface area contributed by atoms with E-state index in [1.807, 2.05) is 12.1 Å². The SMILES string of the molecule is CCNC(=NCC1(c2ccc(F)cc2)CCOCC1)NCC1CN(CC(C)C)CCO1. The Bertz CT molecular complexity index is 689. The molecule has 6 nitrogen and oxygen atoms in total. The standard InChI is InChI=1S/C24H39FN4O2/c1-4-26-23(27-15-22-17-29(11-14-31-22)16-19(2)3)28-18-24(9-12-30-13-10-24)20-5-7-21(25)8-6-20/h5-8,19,22H,4,9-18H2,1-3H3,(H2,26,27,28). The van der Waals surface area contributed by atoms with Crippen molar-refractivity contribution in [3.05, 3.63) is 35.6 Å². The lowest BCUT2D eigenvalue weighted by Gasteiger charge is -2.37. The fourth-order valence-electron chi connectivity index (χ4n) is 4.47. The summed E-state index contributed by atoms with van der Waals surface area (Å²) in [7, 11) is 0. The molecular formula is C24H39FN4O2. The van der Waals surface area contributed by atoms with Gasteiger partial charge in [-0.2, -0.15) is 0 Å². The Morgan fingerprint density at radius 2 is 1.94 bits per heavy atom. The second-order valence-electron chi connectivity index (χ2n) is 9.12. The number of benzene rings is 1. The second-order valence-corrected chi connectivity index (χ2v) is 9.12. The molecule has 7 heteroatoms. The molecule has 0 amide bonds. The summed E-state index contributed by atoms with van der Waals surface area (Å²) in [4.78, 5) is 7.42. The fraction of sp³-hybridized carbons (Fsp3) is 0.708. The minimum Gasteiger partial charge on any atom is -0.381 e. The number of hydrogen-bond acceptors (Lipinski definition) is 4. The van der Waals surface area contributed by atoms with Gasteiger partial charge in [-0.25, -0.2) is 4.39 Å². The van der Waals surface area contributed by atoms with E-state index in [-0.39, 0.29) is 17.3 Å². The minimum absolute atomic E-state index is 0.121. The molecule has 1 atom stereocenters. The molecule has 2 fully saturated rings. The zero-order chi connectivity index (χ0) is 22.1. The van der Waals surface area contributed by atoms with E-state index in [1.165, 1.54) is 0 Å². The van der Waals surface area contributed by atoms with Crippen LogP contribution in [0.25, 0.3) is 0 Å². The molecule has 2 N–H and O–H groups in total. The van der Waals surface area contributed by atoms with E-state index in [2.05, 4.69) is 36.3 Å². The molecule has 1 unspecified atom stereocenters. The maximum atomic E-state index is 13.5. The zero-order valence-corrected chi connectivity index (χ0v) is 19.3. The van der Waals surface area contributed by atoms with E-state index >= 15 is 0 Å². The molecule has 2 aliphatic rings. The van der Waals surface area contributed by atoms with Crippen LogP contribution in [0.3, 0.4) is 0 Å². The molecule has 1 aromatic rings. The molecule has 3 rings (SSSR count). The topological polar surface area (TPSA) is 58.1 Å². The Morgan fingerprint density at radius 1 is 1.19 bits per heavy atom. The summed E-state index contributed by atoms with van der Waals surface area (Å²) in [5, 5.41) is 6.84. The maximum Gasteiger partial charge on any atom is 0.191 e. The lowest BCUT2D eigenvalue weighted by molar-refractivity contribution is -0.0284. The summed E-state index contributed by atoms with van der Waals surface area (Å²) in [6.07, 6.45) is 1.93. The van der Waals surface area contributed by atoms with Crippen molar-refractivity contribution in [1.29, 1.82) is 0 Å². The monoisotopic (exact) mass is 434 g/mol. The van der Waals surface area contributed by atoms with Crippen molar-refractivity contribution in [2.75, 3.05) is 59.1 Å². The van der Waals surface area contributed by atoms with Crippen molar-refractivity contribution in [3.63, 3.8) is 0 Å². The van der Waals surface area contributed by atoms with Crippen LogP contribution in [0.5, 0.6) is 0 Å². The van der Waals surface area contributed by atoms with Crippen molar-refractivity contribution in [1.82, 2.24) is 15.5 Å². The predicted octanol–water partition coefficient (Wildman–Crippen LogP) is 2.79. The number of guanidine groups is 1. The Labute approximate surface area is 186 Å². The third-order valence-corrected chi connectivity index (χ3v) is 6.13. The first kappa shape index (κ1) is 24.0. The maximum absolute atomic E-state index is 13.5. The van der Waals surface area contributed by atoms with Gasteiger partial charge in [-0.05, 0) is 43.4 Å². The van der Waals surface area contributed by atoms with Gasteiger partial charge in [0.15, 0.2) is 5.96 Å². The fourth-order valence-corrected chi connectivity index (χ4v) is 4.47. The van der Waals surface area contributed by atoms with E-state index < -0.39 is 0 Å². The summed E-state index contributed by atoms with van der Waals surface area (Å²) in [6, 6.07) is 6.89. The number of hydrogen-bond donors (Lipinski definition) is 2. The van der Waals surface area contributed by atoms with Gasteiger partial charge in [-0.15, -0.1) is 0 Å². The van der Waals surface area contributed by atoms with Crippen LogP contribution < -0.4 is 10.6 Å². The molecule has 0 aliphatic carbocycles. The van der Waals surface area contributed by atoms with Crippen molar-refractivity contribution < 1.29 is 13.9 Å². The highest BCUT2D eigenvalue weighted by Crippen LogP contribution is 2.35. The Morgan fingerprint density at radius 3 is 2.61 bits per heavy atom. The Hall–Kier alpha value is -1.70. The molecule has 2 saturated heterocycles. The highest BCUT2D eigenvalue weighted by molar-refractivity contribution is 5.79. The molecule has 174 valence electrons. The molecule has 0 spiro atoms. The Balaban J connectivity index is 1.63. The van der Waals surface area contributed by atoms with Crippen molar-refractivity contribution in [2.24, 2.45) is 10.9 Å². The highest BCUT2D eigenvalue weighted by Gasteiger charge is 2.34. The summed E-state index contributed by atoms with van der Waals surface area (Å²) >= 11 is 0. The lowest BCUT2D eigenvalue weighted by Crippen LogP contribution is -2.50. The minimum atomic E-state index is -0.205. The van der Waals surface area contributed by atoms with Gasteiger partial charge in [0.1, 0.15) is 5.82 Å². The number of nitrogens with zero attached hydrogens (tertiary/aromatic N) is 2. The van der Waals surface area contributed by atoms with Gasteiger partial charge in [0, 0.05) is 51.4 Å². The van der Waals surface area contributed by atoms with E-state index in [0.717, 1.165) is 63.7 Å². The second kappa shape index (κ2) is 11.8. The van der Waals surface area contributed by atoms with Crippen LogP contribution in [-0.2, 0) is 14.9 Å². The molecule has 31 heavy (non-hydrogen) atoms. The predicted molar refractivity (Wildman–Crippen MR) is 123 cm³/mol. The number of ether oxygens (including phenoxy) is 2. The van der Waals surface area contributed by atoms with Gasteiger partial charge in [-0.1, -0.05) is 26.0 Å². The first-order valence-corrected chi connectivity index (χ1v) is 11.7. The number of aliphatic imine (C=N–C) groups is 1. The van der Waals surface area contributed by atoms with Crippen molar-refractivity contribution in [2.45, 2.75) is 45.1 Å². The molecule has 2 aliphatic heterocycles. The molecule has 2 heterocycles. The average Bonchev–Trinajstić information content (AvgIpc) is 2.76. The van der Waals surface area contributed by atoms with Crippen LogP contribution in [-0.4, -0.2) is 76.1 Å². The van der Waals surface area contributed by atoms with Crippen LogP contribution in [0.1, 0.15) is 39.2 Å². The third kappa shape index (κ3) is 7.16. The molecule has 1 aromatic carbocycles. The van der Waals surface area contributed by atoms with Gasteiger partial charge >= 0.3 is 0 Å². The average molecular weight is 435 g/mol. The first-order valence-electron chi connectivity index (χ1n) is 11.7. The van der Waals surface area contributed by atoms with Gasteiger partial charge in [0.05, 0.1) is 19.3 Å². The lowest BCUT2D eigenvalue weighted by atomic mass is 9.74. The van der Waals surface area contributed by atoms with Gasteiger partial charge in [-0.3, -0.25) is 9.89 Å². The van der Waals surface area contributed by atoms with Crippen LogP contribution in [0.2, 0.25) is 0 Å². The summed E-state index contributed by atoms with van der Waals surface area (Å²) < 4.78 is 25.1. The summed E-state index contributed by atoms with van der Waals surface area (Å²) in [5.41, 5.74) is 1.01. The normalized spacial score (nSPS) is 22.5. The van der Waals surface area contributed by atoms with Crippen LogP contribution >= 0.6 is 0 Å². The van der Waals surface area contributed by atoms with Crippen LogP contribution in [0.15, 0.2) is 29.3 Å². The first-order chi connectivity index (χ1) is 15.0. The van der Waals surface area contributed by atoms with E-state index in [1.54, 1.807) is 12.1 Å². The van der Waals surface area contributed by atoms with Crippen LogP contribution in [0.4, 0.5) is 4.39 Å². The van der Waals surface area contributed by atoms with Gasteiger partial charge in [0.2, 0.25) is 0 Å². The van der Waals surface area contributed by atoms with E-state index in [4.69, 9.17) is 14.5 Å². The largest absolute Gasteiger partial charge is 0.381 e. The number of rotatable bonds is 8. The molecular weight excluding hydrogens is 395 g/mol.